The minimum atomic E-state index is 0. The average Bonchev–Trinajstić information content (AvgIpc) is 2.90. The van der Waals surface area contributed by atoms with Gasteiger partial charge in [-0.3, -0.25) is 5.10 Å². The van der Waals surface area contributed by atoms with Crippen molar-refractivity contribution in [3.8, 4) is 17.1 Å². The van der Waals surface area contributed by atoms with Gasteiger partial charge >= 0.3 is 0 Å². The molecule has 91 valence electrons. The zero-order chi connectivity index (χ0) is 11.5. The molecule has 0 amide bonds. The fourth-order valence-electron chi connectivity index (χ4n) is 1.63. The second-order valence-corrected chi connectivity index (χ2v) is 3.62. The van der Waals surface area contributed by atoms with Gasteiger partial charge < -0.3 is 9.67 Å². The first-order chi connectivity index (χ1) is 8.43. The summed E-state index contributed by atoms with van der Waals surface area (Å²) in [6.07, 6.45) is 4.81. The topological polar surface area (TPSA) is 30.7 Å². The SMILES string of the molecule is [Ir].[c-]1cc(-c2ccccc2)nn1-c1ccccn1. The van der Waals surface area contributed by atoms with Crippen molar-refractivity contribution >= 4 is 0 Å². The van der Waals surface area contributed by atoms with E-state index < -0.39 is 0 Å². The van der Waals surface area contributed by atoms with Gasteiger partial charge in [-0.1, -0.05) is 54.2 Å². The molecule has 0 aliphatic heterocycles. The Labute approximate surface area is 119 Å². The van der Waals surface area contributed by atoms with Gasteiger partial charge in [-0.25, -0.2) is 0 Å². The van der Waals surface area contributed by atoms with Crippen molar-refractivity contribution in [3.63, 3.8) is 0 Å². The van der Waals surface area contributed by atoms with Crippen LogP contribution in [0, 0.1) is 6.20 Å². The summed E-state index contributed by atoms with van der Waals surface area (Å²) in [7, 11) is 0. The van der Waals surface area contributed by atoms with Crippen molar-refractivity contribution in [2.45, 2.75) is 0 Å². The van der Waals surface area contributed by atoms with Crippen LogP contribution in [0.25, 0.3) is 17.1 Å². The van der Waals surface area contributed by atoms with Crippen molar-refractivity contribution < 1.29 is 20.1 Å². The first-order valence-electron chi connectivity index (χ1n) is 5.38. The number of nitrogens with zero attached hydrogens (tertiary/aromatic N) is 3. The number of benzene rings is 1. The van der Waals surface area contributed by atoms with Gasteiger partial charge in [-0.05, 0) is 11.8 Å². The Bertz CT molecular complexity index is 551. The van der Waals surface area contributed by atoms with Crippen molar-refractivity contribution in [1.82, 2.24) is 14.8 Å². The molecule has 1 radical (unpaired) electrons. The van der Waals surface area contributed by atoms with Crippen LogP contribution in [0.1, 0.15) is 0 Å². The normalized spacial score (nSPS) is 9.78. The number of rotatable bonds is 2. The Morgan fingerprint density at radius 1 is 0.944 bits per heavy atom. The summed E-state index contributed by atoms with van der Waals surface area (Å²) in [5.41, 5.74) is 1.98. The summed E-state index contributed by atoms with van der Waals surface area (Å²) in [5.74, 6) is 0.773. The molecule has 18 heavy (non-hydrogen) atoms. The van der Waals surface area contributed by atoms with Crippen molar-refractivity contribution in [1.29, 1.82) is 0 Å². The zero-order valence-corrected chi connectivity index (χ0v) is 11.8. The maximum Gasteiger partial charge on any atom is 0.0519 e. The number of hydrogen-bond acceptors (Lipinski definition) is 2. The van der Waals surface area contributed by atoms with Crippen LogP contribution in [-0.4, -0.2) is 14.8 Å². The molecule has 3 nitrogen and oxygen atoms in total. The third-order valence-corrected chi connectivity index (χ3v) is 2.47. The van der Waals surface area contributed by atoms with Crippen LogP contribution in [-0.2, 0) is 20.1 Å². The second-order valence-electron chi connectivity index (χ2n) is 3.62. The van der Waals surface area contributed by atoms with E-state index in [0.717, 1.165) is 17.1 Å². The Morgan fingerprint density at radius 2 is 1.72 bits per heavy atom. The minimum absolute atomic E-state index is 0. The molecule has 0 aliphatic carbocycles. The summed E-state index contributed by atoms with van der Waals surface area (Å²) < 4.78 is 1.66. The fourth-order valence-corrected chi connectivity index (χ4v) is 1.63. The minimum Gasteiger partial charge on any atom is -0.343 e. The molecule has 2 heterocycles. The fraction of sp³-hybridized carbons (Fsp3) is 0. The van der Waals surface area contributed by atoms with Gasteiger partial charge in [0.15, 0.2) is 0 Å². The third-order valence-electron chi connectivity index (χ3n) is 2.47. The monoisotopic (exact) mass is 413 g/mol. The van der Waals surface area contributed by atoms with E-state index in [-0.39, 0.29) is 20.1 Å². The number of pyridine rings is 1. The van der Waals surface area contributed by atoms with Crippen LogP contribution >= 0.6 is 0 Å². The summed E-state index contributed by atoms with van der Waals surface area (Å²) >= 11 is 0. The maximum absolute atomic E-state index is 4.45. The van der Waals surface area contributed by atoms with E-state index in [4.69, 9.17) is 0 Å². The van der Waals surface area contributed by atoms with E-state index in [1.165, 1.54) is 0 Å². The first kappa shape index (κ1) is 12.7. The van der Waals surface area contributed by atoms with Gasteiger partial charge in [0.25, 0.3) is 0 Å². The molecule has 0 N–H and O–H groups in total. The first-order valence-corrected chi connectivity index (χ1v) is 5.38. The van der Waals surface area contributed by atoms with Gasteiger partial charge in [-0.15, -0.1) is 6.07 Å². The molecule has 0 spiro atoms. The van der Waals surface area contributed by atoms with E-state index in [0.29, 0.717) is 0 Å². The quantitative estimate of drug-likeness (QED) is 0.606. The third kappa shape index (κ3) is 2.55. The second kappa shape index (κ2) is 5.71. The molecular weight excluding hydrogens is 402 g/mol. The molecule has 0 fully saturated rings. The van der Waals surface area contributed by atoms with Crippen LogP contribution in [0.3, 0.4) is 0 Å². The average molecular weight is 412 g/mol. The van der Waals surface area contributed by atoms with Crippen LogP contribution in [0.2, 0.25) is 0 Å². The summed E-state index contributed by atoms with van der Waals surface area (Å²) in [6.45, 7) is 0. The van der Waals surface area contributed by atoms with E-state index in [1.54, 1.807) is 10.9 Å². The molecule has 0 saturated heterocycles. The van der Waals surface area contributed by atoms with Gasteiger partial charge in [0.1, 0.15) is 0 Å². The van der Waals surface area contributed by atoms with Crippen molar-refractivity contribution in [2.75, 3.05) is 0 Å². The standard InChI is InChI=1S/C14H10N3.Ir/c1-2-6-12(7-3-1)13-9-11-17(16-13)14-8-4-5-10-15-14;/h1-10H;/q-1;. The van der Waals surface area contributed by atoms with Crippen LogP contribution in [0.4, 0.5) is 0 Å². The molecule has 0 saturated carbocycles. The van der Waals surface area contributed by atoms with Crippen LogP contribution in [0.15, 0.2) is 60.8 Å². The van der Waals surface area contributed by atoms with Crippen LogP contribution < -0.4 is 0 Å². The van der Waals surface area contributed by atoms with E-state index in [1.807, 2.05) is 54.6 Å². The zero-order valence-electron chi connectivity index (χ0n) is 9.45. The van der Waals surface area contributed by atoms with E-state index >= 15 is 0 Å². The summed E-state index contributed by atoms with van der Waals surface area (Å²) in [6, 6.07) is 17.6. The molecule has 0 unspecified atom stereocenters. The molecule has 0 aliphatic rings. The number of aromatic nitrogens is 3. The summed E-state index contributed by atoms with van der Waals surface area (Å²) in [4.78, 5) is 4.23. The Kier molecular flexibility index (Phi) is 4.03. The van der Waals surface area contributed by atoms with E-state index in [2.05, 4.69) is 16.3 Å². The molecule has 1 aromatic carbocycles. The van der Waals surface area contributed by atoms with Gasteiger partial charge in [0, 0.05) is 26.3 Å². The molecule has 4 heteroatoms. The van der Waals surface area contributed by atoms with Crippen molar-refractivity contribution in [3.05, 3.63) is 67.0 Å². The Hall–Kier alpha value is -1.77. The largest absolute Gasteiger partial charge is 0.343 e. The van der Waals surface area contributed by atoms with Crippen molar-refractivity contribution in [2.24, 2.45) is 0 Å². The van der Waals surface area contributed by atoms with Gasteiger partial charge in [0.05, 0.1) is 5.82 Å². The molecule has 0 atom stereocenters. The predicted molar refractivity (Wildman–Crippen MR) is 65.6 cm³/mol. The summed E-state index contributed by atoms with van der Waals surface area (Å²) in [5, 5.41) is 4.45. The van der Waals surface area contributed by atoms with Gasteiger partial charge in [0.2, 0.25) is 0 Å². The van der Waals surface area contributed by atoms with Crippen LogP contribution in [0.5, 0.6) is 0 Å². The van der Waals surface area contributed by atoms with E-state index in [9.17, 15) is 0 Å². The predicted octanol–water partition coefficient (Wildman–Crippen LogP) is 2.73. The Morgan fingerprint density at radius 3 is 2.44 bits per heavy atom. The molecule has 0 bridgehead atoms. The Balaban J connectivity index is 0.00000120. The molecular formula is C14H10IrN3-. The van der Waals surface area contributed by atoms with Gasteiger partial charge in [-0.2, -0.15) is 0 Å². The number of hydrogen-bond donors (Lipinski definition) is 0. The molecule has 3 aromatic rings. The molecule has 2 aromatic heterocycles. The maximum atomic E-state index is 4.45. The molecule has 3 rings (SSSR count). The smallest absolute Gasteiger partial charge is 0.0519 e.